The second-order valence-electron chi connectivity index (χ2n) is 8.22. The number of rotatable bonds is 6. The predicted octanol–water partition coefficient (Wildman–Crippen LogP) is 4.55. The van der Waals surface area contributed by atoms with E-state index in [1.165, 1.54) is 4.57 Å². The number of piperidine rings is 1. The lowest BCUT2D eigenvalue weighted by molar-refractivity contribution is -0.147. The van der Waals surface area contributed by atoms with Crippen molar-refractivity contribution in [1.29, 1.82) is 0 Å². The number of likely N-dealkylation sites (tertiary alicyclic amines) is 1. The van der Waals surface area contributed by atoms with Crippen LogP contribution in [0.1, 0.15) is 24.2 Å². The summed E-state index contributed by atoms with van der Waals surface area (Å²) in [6.07, 6.45) is -3.01. The van der Waals surface area contributed by atoms with Gasteiger partial charge in [0.2, 0.25) is 11.7 Å². The maximum absolute atomic E-state index is 13.6. The second-order valence-corrected chi connectivity index (χ2v) is 8.22. The van der Waals surface area contributed by atoms with Crippen molar-refractivity contribution < 1.29 is 27.4 Å². The highest BCUT2D eigenvalue weighted by Gasteiger charge is 2.38. The molecule has 1 aliphatic heterocycles. The van der Waals surface area contributed by atoms with Gasteiger partial charge >= 0.3 is 6.18 Å². The number of alkyl halides is 3. The Balaban J connectivity index is 1.40. The quantitative estimate of drug-likeness (QED) is 0.540. The minimum Gasteiger partial charge on any atom is -0.493 e. The first-order valence-corrected chi connectivity index (χ1v) is 10.8. The molecule has 4 rings (SSSR count). The van der Waals surface area contributed by atoms with Crippen molar-refractivity contribution in [3.8, 4) is 11.5 Å². The Labute approximate surface area is 189 Å². The van der Waals surface area contributed by atoms with Crippen LogP contribution in [0.15, 0.2) is 42.5 Å². The number of hydrogen-bond donors (Lipinski definition) is 0. The summed E-state index contributed by atoms with van der Waals surface area (Å²) in [6.45, 7) is 1.27. The summed E-state index contributed by atoms with van der Waals surface area (Å²) in [5.41, 5.74) is 1.64. The third-order valence-corrected chi connectivity index (χ3v) is 6.12. The van der Waals surface area contributed by atoms with Crippen LogP contribution in [0.25, 0.3) is 11.0 Å². The van der Waals surface area contributed by atoms with Crippen LogP contribution in [0, 0.1) is 5.92 Å². The van der Waals surface area contributed by atoms with Crippen molar-refractivity contribution in [2.24, 2.45) is 5.92 Å². The molecule has 0 N–H and O–H groups in total. The first kappa shape index (κ1) is 22.9. The summed E-state index contributed by atoms with van der Waals surface area (Å²) in [5.74, 6) is 0.323. The molecule has 33 heavy (non-hydrogen) atoms. The van der Waals surface area contributed by atoms with E-state index < -0.39 is 12.0 Å². The first-order chi connectivity index (χ1) is 15.8. The van der Waals surface area contributed by atoms with Gasteiger partial charge in [-0.2, -0.15) is 13.2 Å². The van der Waals surface area contributed by atoms with Crippen LogP contribution in [0.2, 0.25) is 0 Å². The Morgan fingerprint density at radius 1 is 1.06 bits per heavy atom. The molecular formula is C24H26F3N3O3. The van der Waals surface area contributed by atoms with Crippen molar-refractivity contribution in [2.45, 2.75) is 32.0 Å². The van der Waals surface area contributed by atoms with Crippen LogP contribution in [0.3, 0.4) is 0 Å². The van der Waals surface area contributed by atoms with Gasteiger partial charge in [-0.25, -0.2) is 4.98 Å². The molecule has 0 atom stereocenters. The monoisotopic (exact) mass is 461 g/mol. The lowest BCUT2D eigenvalue weighted by Crippen LogP contribution is -2.40. The van der Waals surface area contributed by atoms with Gasteiger partial charge in [0.15, 0.2) is 11.5 Å². The zero-order valence-corrected chi connectivity index (χ0v) is 18.6. The average Bonchev–Trinajstić information content (AvgIpc) is 3.18. The topological polar surface area (TPSA) is 56.6 Å². The van der Waals surface area contributed by atoms with E-state index in [9.17, 15) is 18.0 Å². The summed E-state index contributed by atoms with van der Waals surface area (Å²) >= 11 is 0. The van der Waals surface area contributed by atoms with Crippen LogP contribution in [0.4, 0.5) is 13.2 Å². The van der Waals surface area contributed by atoms with Crippen LogP contribution in [-0.2, 0) is 23.9 Å². The highest BCUT2D eigenvalue weighted by Crippen LogP contribution is 2.33. The Morgan fingerprint density at radius 3 is 2.42 bits per heavy atom. The standard InChI is InChI=1S/C24H26F3N3O3/c1-32-20-8-7-17(13-21(20)33-2)14-22(31)29-11-9-16(10-12-29)15-30-19-6-4-3-5-18(19)28-23(30)24(25,26)27/h3-8,13,16H,9-12,14-15H2,1-2H3. The van der Waals surface area contributed by atoms with Crippen molar-refractivity contribution in [3.05, 3.63) is 53.9 Å². The zero-order chi connectivity index (χ0) is 23.6. The number of imidazole rings is 1. The lowest BCUT2D eigenvalue weighted by Gasteiger charge is -2.32. The minimum absolute atomic E-state index is 0.00951. The average molecular weight is 461 g/mol. The number of amides is 1. The Morgan fingerprint density at radius 2 is 1.76 bits per heavy atom. The molecule has 1 aliphatic rings. The molecule has 0 unspecified atom stereocenters. The van der Waals surface area contributed by atoms with Gasteiger partial charge in [0.05, 0.1) is 31.7 Å². The van der Waals surface area contributed by atoms with Crippen molar-refractivity contribution in [1.82, 2.24) is 14.5 Å². The number of fused-ring (bicyclic) bond motifs is 1. The summed E-state index contributed by atoms with van der Waals surface area (Å²) in [6, 6.07) is 12.0. The minimum atomic E-state index is -4.52. The van der Waals surface area contributed by atoms with Crippen LogP contribution in [0.5, 0.6) is 11.5 Å². The number of benzene rings is 2. The predicted molar refractivity (Wildman–Crippen MR) is 117 cm³/mol. The van der Waals surface area contributed by atoms with Crippen LogP contribution >= 0.6 is 0 Å². The van der Waals surface area contributed by atoms with Gasteiger partial charge in [-0.3, -0.25) is 4.79 Å². The number of aromatic nitrogens is 2. The molecule has 1 fully saturated rings. The second kappa shape index (κ2) is 9.33. The maximum Gasteiger partial charge on any atom is 0.449 e. The molecule has 0 saturated carbocycles. The molecule has 6 nitrogen and oxygen atoms in total. The van der Waals surface area contributed by atoms with Gasteiger partial charge in [0.1, 0.15) is 0 Å². The van der Waals surface area contributed by atoms with Gasteiger partial charge in [0.25, 0.3) is 0 Å². The Bertz CT molecular complexity index is 1130. The molecule has 0 spiro atoms. The number of ether oxygens (including phenoxy) is 2. The number of para-hydroxylation sites is 2. The SMILES string of the molecule is COc1ccc(CC(=O)N2CCC(Cn3c(C(F)(F)F)nc4ccccc43)CC2)cc1OC. The lowest BCUT2D eigenvalue weighted by atomic mass is 9.96. The number of nitrogens with zero attached hydrogens (tertiary/aromatic N) is 3. The number of halogens is 3. The summed E-state index contributed by atoms with van der Waals surface area (Å²) < 4.78 is 52.5. The summed E-state index contributed by atoms with van der Waals surface area (Å²) in [4.78, 5) is 18.4. The molecule has 9 heteroatoms. The van der Waals surface area contributed by atoms with E-state index >= 15 is 0 Å². The van der Waals surface area contributed by atoms with Gasteiger partial charge in [-0.05, 0) is 48.6 Å². The van der Waals surface area contributed by atoms with E-state index in [4.69, 9.17) is 9.47 Å². The number of carbonyl (C=O) groups is 1. The fourth-order valence-electron chi connectivity index (χ4n) is 4.38. The van der Waals surface area contributed by atoms with Gasteiger partial charge in [-0.1, -0.05) is 18.2 Å². The molecule has 0 bridgehead atoms. The fraction of sp³-hybridized carbons (Fsp3) is 0.417. The van der Waals surface area contributed by atoms with E-state index in [0.29, 0.717) is 48.5 Å². The van der Waals surface area contributed by atoms with E-state index in [2.05, 4.69) is 4.98 Å². The Hall–Kier alpha value is -3.23. The van der Waals surface area contributed by atoms with Gasteiger partial charge in [0, 0.05) is 19.6 Å². The van der Waals surface area contributed by atoms with Gasteiger partial charge < -0.3 is 18.9 Å². The van der Waals surface area contributed by atoms with Crippen LogP contribution in [-0.4, -0.2) is 47.7 Å². The third-order valence-electron chi connectivity index (χ3n) is 6.12. The molecule has 2 aromatic carbocycles. The smallest absolute Gasteiger partial charge is 0.449 e. The molecule has 1 saturated heterocycles. The molecule has 0 radical (unpaired) electrons. The highest BCUT2D eigenvalue weighted by molar-refractivity contribution is 5.79. The summed E-state index contributed by atoms with van der Waals surface area (Å²) in [5, 5.41) is 0. The molecule has 1 amide bonds. The molecule has 0 aliphatic carbocycles. The van der Waals surface area contributed by atoms with Crippen LogP contribution < -0.4 is 9.47 Å². The first-order valence-electron chi connectivity index (χ1n) is 10.8. The largest absolute Gasteiger partial charge is 0.493 e. The highest BCUT2D eigenvalue weighted by atomic mass is 19.4. The summed E-state index contributed by atoms with van der Waals surface area (Å²) in [7, 11) is 3.10. The normalized spacial score (nSPS) is 15.1. The van der Waals surface area contributed by atoms with Gasteiger partial charge in [-0.15, -0.1) is 0 Å². The van der Waals surface area contributed by atoms with E-state index in [0.717, 1.165) is 5.56 Å². The zero-order valence-electron chi connectivity index (χ0n) is 18.6. The third kappa shape index (κ3) is 4.91. The number of hydrogen-bond acceptors (Lipinski definition) is 4. The maximum atomic E-state index is 13.6. The van der Waals surface area contributed by atoms with Crippen molar-refractivity contribution in [2.75, 3.05) is 27.3 Å². The molecule has 176 valence electrons. The number of carbonyl (C=O) groups excluding carboxylic acids is 1. The number of methoxy groups -OCH3 is 2. The Kier molecular flexibility index (Phi) is 6.49. The fourth-order valence-corrected chi connectivity index (χ4v) is 4.38. The van der Waals surface area contributed by atoms with Crippen molar-refractivity contribution in [3.63, 3.8) is 0 Å². The molecule has 3 aromatic rings. The van der Waals surface area contributed by atoms with E-state index in [-0.39, 0.29) is 24.8 Å². The van der Waals surface area contributed by atoms with E-state index in [1.54, 1.807) is 55.5 Å². The molecule has 1 aromatic heterocycles. The van der Waals surface area contributed by atoms with E-state index in [1.807, 2.05) is 6.07 Å². The molecule has 2 heterocycles. The molecular weight excluding hydrogens is 435 g/mol. The van der Waals surface area contributed by atoms with Crippen molar-refractivity contribution >= 4 is 16.9 Å².